The largest absolute Gasteiger partial charge is 0.416 e. The molecule has 0 atom stereocenters. The van der Waals surface area contributed by atoms with E-state index in [9.17, 15) is 26.4 Å². The lowest BCUT2D eigenvalue weighted by Crippen LogP contribution is -2.50. The van der Waals surface area contributed by atoms with Crippen molar-refractivity contribution < 1.29 is 26.4 Å². The summed E-state index contributed by atoms with van der Waals surface area (Å²) in [5.74, 6) is -0.213. The minimum Gasteiger partial charge on any atom is -0.355 e. The quantitative estimate of drug-likeness (QED) is 0.301. The van der Waals surface area contributed by atoms with E-state index in [4.69, 9.17) is 0 Å². The van der Waals surface area contributed by atoms with Gasteiger partial charge in [-0.25, -0.2) is 8.42 Å². The molecule has 0 unspecified atom stereocenters. The summed E-state index contributed by atoms with van der Waals surface area (Å²) in [5, 5.41) is 3.70. The Morgan fingerprint density at radius 1 is 0.923 bits per heavy atom. The number of amides is 1. The molecule has 0 spiro atoms. The van der Waals surface area contributed by atoms with Crippen molar-refractivity contribution in [3.05, 3.63) is 94.6 Å². The number of nitrogens with zero attached hydrogens (tertiary/aromatic N) is 3. The van der Waals surface area contributed by atoms with Gasteiger partial charge in [0.05, 0.1) is 16.0 Å². The number of hydrogen-bond donors (Lipinski definition) is 1. The molecular weight excluding hydrogens is 597 g/mol. The van der Waals surface area contributed by atoms with Crippen LogP contribution in [0.15, 0.2) is 88.4 Å². The highest BCUT2D eigenvalue weighted by Crippen LogP contribution is 2.33. The average molecular weight is 619 g/mol. The molecule has 1 aliphatic rings. The molecule has 0 saturated carbocycles. The molecule has 2 heterocycles. The van der Waals surface area contributed by atoms with Gasteiger partial charge in [-0.15, -0.1) is 0 Å². The maximum atomic E-state index is 13.1. The third kappa shape index (κ3) is 5.77. The van der Waals surface area contributed by atoms with Gasteiger partial charge in [0, 0.05) is 59.2 Å². The van der Waals surface area contributed by atoms with Crippen molar-refractivity contribution in [3.8, 4) is 0 Å². The van der Waals surface area contributed by atoms with Gasteiger partial charge in [0.1, 0.15) is 0 Å². The highest BCUT2D eigenvalue weighted by Gasteiger charge is 2.31. The predicted octanol–water partition coefficient (Wildman–Crippen LogP) is 5.91. The van der Waals surface area contributed by atoms with E-state index >= 15 is 0 Å². The van der Waals surface area contributed by atoms with Crippen LogP contribution >= 0.6 is 15.9 Å². The lowest BCUT2D eigenvalue weighted by Gasteiger charge is -2.34. The van der Waals surface area contributed by atoms with E-state index in [1.54, 1.807) is 59.5 Å². The van der Waals surface area contributed by atoms with Crippen LogP contribution in [0.4, 0.5) is 24.5 Å². The maximum absolute atomic E-state index is 13.1. The SMILES string of the molecule is O=C(c1ccc(Nc2ccnc3cc(C(F)(F)F)ccc23)cc1)N1CCN(S(=O)(=O)c2cccc(Br)c2)CC1. The molecule has 1 fully saturated rings. The van der Waals surface area contributed by atoms with Crippen molar-refractivity contribution >= 4 is 54.1 Å². The number of alkyl halides is 3. The first-order chi connectivity index (χ1) is 18.5. The standard InChI is InChI=1S/C27H22BrF3N4O3S/c28-20-2-1-3-22(17-20)39(37,38)35-14-12-34(13-15-35)26(36)18-4-7-21(8-5-18)33-24-10-11-32-25-16-19(27(29,30)31)6-9-23(24)25/h1-11,16-17H,12-15H2,(H,32,33). The predicted molar refractivity (Wildman–Crippen MR) is 145 cm³/mol. The second-order valence-corrected chi connectivity index (χ2v) is 11.8. The number of benzene rings is 3. The van der Waals surface area contributed by atoms with Crippen LogP contribution in [-0.2, 0) is 16.2 Å². The van der Waals surface area contributed by atoms with Crippen LogP contribution in [0, 0.1) is 0 Å². The Labute approximate surface area is 231 Å². The normalized spacial score (nSPS) is 14.9. The summed E-state index contributed by atoms with van der Waals surface area (Å²) in [6.45, 7) is 0.890. The lowest BCUT2D eigenvalue weighted by atomic mass is 10.1. The van der Waals surface area contributed by atoms with E-state index in [0.29, 0.717) is 26.8 Å². The van der Waals surface area contributed by atoms with Crippen molar-refractivity contribution in [2.24, 2.45) is 0 Å². The summed E-state index contributed by atoms with van der Waals surface area (Å²) in [7, 11) is -3.66. The molecule has 3 aromatic carbocycles. The van der Waals surface area contributed by atoms with Gasteiger partial charge in [-0.2, -0.15) is 17.5 Å². The van der Waals surface area contributed by atoms with Crippen molar-refractivity contribution in [2.75, 3.05) is 31.5 Å². The number of rotatable bonds is 5. The van der Waals surface area contributed by atoms with Gasteiger partial charge >= 0.3 is 6.18 Å². The molecular formula is C27H22BrF3N4O3S. The molecule has 0 radical (unpaired) electrons. The smallest absolute Gasteiger partial charge is 0.355 e. The van der Waals surface area contributed by atoms with E-state index in [1.807, 2.05) is 0 Å². The summed E-state index contributed by atoms with van der Waals surface area (Å²) < 4.78 is 67.1. The van der Waals surface area contributed by atoms with Gasteiger partial charge in [0.2, 0.25) is 10.0 Å². The highest BCUT2D eigenvalue weighted by molar-refractivity contribution is 9.10. The molecule has 4 aromatic rings. The van der Waals surface area contributed by atoms with Crippen LogP contribution < -0.4 is 5.32 Å². The summed E-state index contributed by atoms with van der Waals surface area (Å²) >= 11 is 3.30. The maximum Gasteiger partial charge on any atom is 0.416 e. The molecule has 202 valence electrons. The van der Waals surface area contributed by atoms with E-state index < -0.39 is 21.8 Å². The van der Waals surface area contributed by atoms with Gasteiger partial charge < -0.3 is 10.2 Å². The number of aromatic nitrogens is 1. The zero-order valence-corrected chi connectivity index (χ0v) is 22.7. The number of hydrogen-bond acceptors (Lipinski definition) is 5. The Hall–Kier alpha value is -3.48. The Bertz CT molecular complexity index is 1640. The van der Waals surface area contributed by atoms with Crippen LogP contribution in [0.5, 0.6) is 0 Å². The molecule has 5 rings (SSSR count). The Morgan fingerprint density at radius 2 is 1.64 bits per heavy atom. The summed E-state index contributed by atoms with van der Waals surface area (Å²) in [6, 6.07) is 18.3. The van der Waals surface area contributed by atoms with E-state index in [-0.39, 0.29) is 42.5 Å². The van der Waals surface area contributed by atoms with Crippen LogP contribution in [0.1, 0.15) is 15.9 Å². The van der Waals surface area contributed by atoms with Gasteiger partial charge in [-0.1, -0.05) is 28.1 Å². The minimum atomic E-state index is -4.46. The van der Waals surface area contributed by atoms with Gasteiger partial charge in [-0.05, 0) is 60.7 Å². The second-order valence-electron chi connectivity index (χ2n) is 8.94. The molecule has 1 amide bonds. The van der Waals surface area contributed by atoms with Crippen LogP contribution in [0.2, 0.25) is 0 Å². The molecule has 1 N–H and O–H groups in total. The van der Waals surface area contributed by atoms with E-state index in [2.05, 4.69) is 26.2 Å². The highest BCUT2D eigenvalue weighted by atomic mass is 79.9. The number of pyridine rings is 1. The van der Waals surface area contributed by atoms with Crippen molar-refractivity contribution in [1.82, 2.24) is 14.2 Å². The first-order valence-electron chi connectivity index (χ1n) is 11.9. The zero-order valence-electron chi connectivity index (χ0n) is 20.3. The molecule has 0 aliphatic carbocycles. The lowest BCUT2D eigenvalue weighted by molar-refractivity contribution is -0.137. The van der Waals surface area contributed by atoms with Crippen LogP contribution in [-0.4, -0.2) is 54.7 Å². The van der Waals surface area contributed by atoms with Crippen LogP contribution in [0.3, 0.4) is 0 Å². The van der Waals surface area contributed by atoms with Gasteiger partial charge in [-0.3, -0.25) is 9.78 Å². The molecule has 1 aliphatic heterocycles. The number of fused-ring (bicyclic) bond motifs is 1. The molecule has 12 heteroatoms. The molecule has 39 heavy (non-hydrogen) atoms. The number of carbonyl (C=O) groups excluding carboxylic acids is 1. The van der Waals surface area contributed by atoms with E-state index in [1.165, 1.54) is 16.6 Å². The number of anilines is 2. The van der Waals surface area contributed by atoms with Crippen molar-refractivity contribution in [1.29, 1.82) is 0 Å². The molecule has 1 aromatic heterocycles. The second kappa shape index (κ2) is 10.6. The zero-order chi connectivity index (χ0) is 27.8. The average Bonchev–Trinajstić information content (AvgIpc) is 2.92. The Morgan fingerprint density at radius 3 is 2.31 bits per heavy atom. The van der Waals surface area contributed by atoms with E-state index in [0.717, 1.165) is 12.1 Å². The monoisotopic (exact) mass is 618 g/mol. The van der Waals surface area contributed by atoms with Crippen molar-refractivity contribution in [3.63, 3.8) is 0 Å². The third-order valence-corrected chi connectivity index (χ3v) is 8.83. The molecule has 0 bridgehead atoms. The number of halogens is 4. The molecule has 1 saturated heterocycles. The summed E-state index contributed by atoms with van der Waals surface area (Å²) in [5.41, 5.74) is 1.11. The Kier molecular flexibility index (Phi) is 7.36. The number of piperazine rings is 1. The van der Waals surface area contributed by atoms with Crippen LogP contribution in [0.25, 0.3) is 10.9 Å². The summed E-state index contributed by atoms with van der Waals surface area (Å²) in [6.07, 6.45) is -3.03. The van der Waals surface area contributed by atoms with Crippen molar-refractivity contribution in [2.45, 2.75) is 11.1 Å². The minimum absolute atomic E-state index is 0.186. The van der Waals surface area contributed by atoms with Gasteiger partial charge in [0.15, 0.2) is 0 Å². The Balaban J connectivity index is 1.24. The van der Waals surface area contributed by atoms with Gasteiger partial charge in [0.25, 0.3) is 5.91 Å². The first kappa shape index (κ1) is 27.1. The fourth-order valence-electron chi connectivity index (χ4n) is 4.38. The topological polar surface area (TPSA) is 82.6 Å². The number of nitrogens with one attached hydrogen (secondary N) is 1. The number of carbonyl (C=O) groups is 1. The fourth-order valence-corrected chi connectivity index (χ4v) is 6.40. The fraction of sp³-hybridized carbons (Fsp3) is 0.185. The first-order valence-corrected chi connectivity index (χ1v) is 14.1. The summed E-state index contributed by atoms with van der Waals surface area (Å²) in [4.78, 5) is 18.9. The molecule has 7 nitrogen and oxygen atoms in total. The third-order valence-electron chi connectivity index (χ3n) is 6.44. The number of sulfonamides is 1.